The van der Waals surface area contributed by atoms with Gasteiger partial charge in [0, 0.05) is 5.92 Å². The number of aliphatic hydroxyl groups excluding tert-OH is 3. The van der Waals surface area contributed by atoms with E-state index in [1.807, 2.05) is 0 Å². The minimum Gasteiger partial charge on any atom is -0.481 e. The molecule has 1 heterocycles. The standard InChI is InChI=1S/C37H57FO7/c1-32(2)14-16-37(31(43)44)17-15-35(6)20(22(37)18-32)8-9-25-34(5)12-10-21(33(3,4)24(34)11-13-36(25,35)7)26(39)30-29(42)28(41)27(40)23(19-38)45-30/h8,21-25,27-30,40-42H,9-19H2,1-7H3,(H,43,44)/t21-,22?,23?,24?,25?,27-,28+,29?,30+,34+,35-,36-,37+/m1/s1. The number of carbonyl (C=O) groups is 2. The first-order valence-corrected chi connectivity index (χ1v) is 17.5. The number of carbonyl (C=O) groups excluding carboxylic acids is 1. The zero-order valence-electron chi connectivity index (χ0n) is 28.4. The van der Waals surface area contributed by atoms with Crippen LogP contribution in [0.2, 0.25) is 0 Å². The summed E-state index contributed by atoms with van der Waals surface area (Å²) < 4.78 is 19.3. The van der Waals surface area contributed by atoms with Crippen LogP contribution >= 0.6 is 0 Å². The second-order valence-electron chi connectivity index (χ2n) is 18.2. The highest BCUT2D eigenvalue weighted by Crippen LogP contribution is 2.76. The summed E-state index contributed by atoms with van der Waals surface area (Å²) in [7, 11) is 0. The van der Waals surface area contributed by atoms with E-state index in [4.69, 9.17) is 4.74 Å². The highest BCUT2D eigenvalue weighted by molar-refractivity contribution is 5.87. The Balaban J connectivity index is 1.31. The monoisotopic (exact) mass is 632 g/mol. The van der Waals surface area contributed by atoms with Gasteiger partial charge in [-0.25, -0.2) is 4.39 Å². The summed E-state index contributed by atoms with van der Waals surface area (Å²) in [6.07, 6.45) is 3.47. The molecular formula is C37H57FO7. The topological polar surface area (TPSA) is 124 Å². The first-order chi connectivity index (χ1) is 20.8. The number of carboxylic acids is 1. The lowest BCUT2D eigenvalue weighted by molar-refractivity contribution is -0.230. The van der Waals surface area contributed by atoms with Gasteiger partial charge in [-0.15, -0.1) is 0 Å². The third-order valence-electron chi connectivity index (χ3n) is 15.6. The van der Waals surface area contributed by atoms with Gasteiger partial charge >= 0.3 is 5.97 Å². The molecule has 0 aromatic carbocycles. The van der Waals surface area contributed by atoms with Gasteiger partial charge in [0.2, 0.25) is 0 Å². The summed E-state index contributed by atoms with van der Waals surface area (Å²) in [5, 5.41) is 41.9. The maximum Gasteiger partial charge on any atom is 0.310 e. The molecule has 5 fully saturated rings. The molecule has 7 nitrogen and oxygen atoms in total. The van der Waals surface area contributed by atoms with Gasteiger partial charge in [0.1, 0.15) is 37.2 Å². The number of ether oxygens (including phenoxy) is 1. The van der Waals surface area contributed by atoms with Gasteiger partial charge in [0.15, 0.2) is 5.78 Å². The van der Waals surface area contributed by atoms with E-state index < -0.39 is 59.9 Å². The van der Waals surface area contributed by atoms with Crippen molar-refractivity contribution < 1.29 is 39.1 Å². The van der Waals surface area contributed by atoms with Crippen molar-refractivity contribution in [2.75, 3.05) is 6.67 Å². The van der Waals surface area contributed by atoms with Gasteiger partial charge in [-0.1, -0.05) is 60.1 Å². The molecule has 254 valence electrons. The van der Waals surface area contributed by atoms with Crippen molar-refractivity contribution in [1.82, 2.24) is 0 Å². The molecule has 0 aromatic heterocycles. The zero-order chi connectivity index (χ0) is 33.1. The number of hydrogen-bond acceptors (Lipinski definition) is 6. The zero-order valence-corrected chi connectivity index (χ0v) is 28.4. The SMILES string of the molecule is CC1(C)CC[C@]2(C(=O)O)CC[C@]3(C)C(=CCC4[C@@]5(C)CC[C@H](C(=O)[C@@H]6OC(CF)[C@@H](O)[C@H](O)C6O)C(C)(C)C5CC[C@]43C)C2C1. The molecule has 0 bridgehead atoms. The number of carboxylic acid groups (broad SMARTS) is 1. The summed E-state index contributed by atoms with van der Waals surface area (Å²) in [6.45, 7) is 15.2. The summed E-state index contributed by atoms with van der Waals surface area (Å²) in [4.78, 5) is 27.0. The highest BCUT2D eigenvalue weighted by atomic mass is 19.1. The van der Waals surface area contributed by atoms with E-state index in [-0.39, 0.29) is 39.3 Å². The van der Waals surface area contributed by atoms with Crippen molar-refractivity contribution >= 4 is 11.8 Å². The molecule has 0 amide bonds. The number of aliphatic hydroxyl groups is 3. The lowest BCUT2D eigenvalue weighted by Gasteiger charge is -2.71. The Morgan fingerprint density at radius 3 is 2.18 bits per heavy atom. The van der Waals surface area contributed by atoms with Crippen LogP contribution in [0, 0.1) is 56.2 Å². The van der Waals surface area contributed by atoms with E-state index >= 15 is 0 Å². The van der Waals surface area contributed by atoms with Crippen molar-refractivity contribution in [3.63, 3.8) is 0 Å². The Hall–Kier alpha value is -1.35. The van der Waals surface area contributed by atoms with Crippen LogP contribution in [-0.4, -0.2) is 69.4 Å². The molecule has 0 radical (unpaired) electrons. The Kier molecular flexibility index (Phi) is 7.88. The number of fused-ring (bicyclic) bond motifs is 7. The first kappa shape index (κ1) is 33.5. The fourth-order valence-corrected chi connectivity index (χ4v) is 12.7. The van der Waals surface area contributed by atoms with E-state index in [0.29, 0.717) is 12.3 Å². The molecule has 13 atom stereocenters. The van der Waals surface area contributed by atoms with Gasteiger partial charge in [-0.2, -0.15) is 0 Å². The number of hydrogen-bond donors (Lipinski definition) is 4. The summed E-state index contributed by atoms with van der Waals surface area (Å²) in [6, 6.07) is 0. The van der Waals surface area contributed by atoms with E-state index in [0.717, 1.165) is 57.8 Å². The minimum atomic E-state index is -1.64. The Morgan fingerprint density at radius 2 is 1.53 bits per heavy atom. The molecule has 0 aromatic rings. The largest absolute Gasteiger partial charge is 0.481 e. The molecule has 4 saturated carbocycles. The van der Waals surface area contributed by atoms with E-state index in [1.54, 1.807) is 0 Å². The van der Waals surface area contributed by atoms with Crippen LogP contribution in [0.4, 0.5) is 4.39 Å². The second kappa shape index (κ2) is 10.6. The molecular weight excluding hydrogens is 575 g/mol. The highest BCUT2D eigenvalue weighted by Gasteiger charge is 2.70. The van der Waals surface area contributed by atoms with Crippen LogP contribution in [0.15, 0.2) is 11.6 Å². The van der Waals surface area contributed by atoms with Crippen LogP contribution in [0.3, 0.4) is 0 Å². The average Bonchev–Trinajstić information content (AvgIpc) is 2.95. The van der Waals surface area contributed by atoms with Crippen LogP contribution in [0.1, 0.15) is 113 Å². The van der Waals surface area contributed by atoms with E-state index in [2.05, 4.69) is 54.5 Å². The number of aliphatic carboxylic acids is 1. The van der Waals surface area contributed by atoms with Gasteiger partial charge < -0.3 is 25.2 Å². The molecule has 8 heteroatoms. The number of allylic oxidation sites excluding steroid dienone is 2. The maximum atomic E-state index is 14.1. The Labute approximate surface area is 268 Å². The van der Waals surface area contributed by atoms with Gasteiger partial charge in [-0.05, 0) is 109 Å². The quantitative estimate of drug-likeness (QED) is 0.286. The van der Waals surface area contributed by atoms with Crippen molar-refractivity contribution in [2.45, 2.75) is 143 Å². The predicted octanol–water partition coefficient (Wildman–Crippen LogP) is 5.88. The smallest absolute Gasteiger partial charge is 0.310 e. The van der Waals surface area contributed by atoms with Crippen molar-refractivity contribution in [3.8, 4) is 0 Å². The van der Waals surface area contributed by atoms with Crippen molar-refractivity contribution in [2.24, 2.45) is 56.2 Å². The third kappa shape index (κ3) is 4.46. The lowest BCUT2D eigenvalue weighted by atomic mass is 9.33. The van der Waals surface area contributed by atoms with Crippen molar-refractivity contribution in [3.05, 3.63) is 11.6 Å². The molecule has 4 N–H and O–H groups in total. The lowest BCUT2D eigenvalue weighted by Crippen LogP contribution is -2.66. The fraction of sp³-hybridized carbons (Fsp3) is 0.892. The average molecular weight is 633 g/mol. The fourth-order valence-electron chi connectivity index (χ4n) is 12.7. The third-order valence-corrected chi connectivity index (χ3v) is 15.6. The summed E-state index contributed by atoms with van der Waals surface area (Å²) in [5.41, 5.74) is 0.294. The summed E-state index contributed by atoms with van der Waals surface area (Å²) in [5.74, 6) is -0.677. The molecule has 5 aliphatic carbocycles. The molecule has 6 rings (SSSR count). The van der Waals surface area contributed by atoms with Gasteiger partial charge in [-0.3, -0.25) is 9.59 Å². The molecule has 6 aliphatic rings. The Bertz CT molecular complexity index is 1260. The number of ketones is 1. The number of Topliss-reactive ketones (excluding diaryl/α,β-unsaturated/α-hetero) is 1. The number of halogens is 1. The van der Waals surface area contributed by atoms with Crippen LogP contribution in [0.25, 0.3) is 0 Å². The van der Waals surface area contributed by atoms with Crippen LogP contribution in [0.5, 0.6) is 0 Å². The van der Waals surface area contributed by atoms with Gasteiger partial charge in [0.05, 0.1) is 5.41 Å². The number of alkyl halides is 1. The van der Waals surface area contributed by atoms with Crippen LogP contribution in [-0.2, 0) is 14.3 Å². The molecule has 45 heavy (non-hydrogen) atoms. The van der Waals surface area contributed by atoms with Crippen LogP contribution < -0.4 is 0 Å². The summed E-state index contributed by atoms with van der Waals surface area (Å²) >= 11 is 0. The Morgan fingerprint density at radius 1 is 0.867 bits per heavy atom. The molecule has 1 saturated heterocycles. The van der Waals surface area contributed by atoms with E-state index in [9.17, 15) is 34.4 Å². The first-order valence-electron chi connectivity index (χ1n) is 17.5. The number of rotatable bonds is 4. The van der Waals surface area contributed by atoms with E-state index in [1.165, 1.54) is 5.57 Å². The maximum absolute atomic E-state index is 14.1. The molecule has 1 aliphatic heterocycles. The second-order valence-corrected chi connectivity index (χ2v) is 18.2. The molecule has 5 unspecified atom stereocenters. The van der Waals surface area contributed by atoms with Gasteiger partial charge in [0.25, 0.3) is 0 Å². The normalized spacial score (nSPS) is 51.9. The molecule has 0 spiro atoms. The van der Waals surface area contributed by atoms with Crippen molar-refractivity contribution in [1.29, 1.82) is 0 Å². The minimum absolute atomic E-state index is 0.00121. The predicted molar refractivity (Wildman–Crippen MR) is 168 cm³/mol.